The summed E-state index contributed by atoms with van der Waals surface area (Å²) in [5, 5.41) is 7.39. The van der Waals surface area contributed by atoms with Gasteiger partial charge in [-0.3, -0.25) is 4.99 Å². The first-order valence-electron chi connectivity index (χ1n) is 10.2. The molecular weight excluding hydrogens is 426 g/mol. The van der Waals surface area contributed by atoms with E-state index in [1.54, 1.807) is 0 Å². The van der Waals surface area contributed by atoms with E-state index >= 15 is 0 Å². The van der Waals surface area contributed by atoms with Gasteiger partial charge in [-0.15, -0.1) is 0 Å². The van der Waals surface area contributed by atoms with E-state index in [-0.39, 0.29) is 0 Å². The molecule has 0 aliphatic carbocycles. The second-order valence-electron chi connectivity index (χ2n) is 8.16. The Labute approximate surface area is 192 Å². The minimum Gasteiger partial charge on any atom is -0.444 e. The first-order chi connectivity index (χ1) is 15.3. The third kappa shape index (κ3) is 6.28. The summed E-state index contributed by atoms with van der Waals surface area (Å²) in [6.07, 6.45) is 2.78. The lowest BCUT2D eigenvalue weighted by Crippen LogP contribution is -2.32. The monoisotopic (exact) mass is 453 g/mol. The molecule has 3 aromatic rings. The van der Waals surface area contributed by atoms with Crippen molar-refractivity contribution < 1.29 is 9.53 Å². The predicted molar refractivity (Wildman–Crippen MR) is 131 cm³/mol. The molecule has 0 radical (unpaired) electrons. The molecule has 0 spiro atoms. The molecule has 1 amide bonds. The van der Waals surface area contributed by atoms with Crippen LogP contribution in [0.3, 0.4) is 0 Å². The number of rotatable bonds is 7. The molecule has 1 aromatic heterocycles. The standard InChI is InChI=1S/C24H28ClN5O2/c1-24(2,3)32-23(31)28-13-16-8-10-17(11-9-16)29-15-30-22(20(25)12-26)19-14-27-21-7-5-4-6-18(19)21/h4-12,14,27,29H,13,15,26H2,1-3H3,(H,28,31)/b20-12+,30-22-. The third-order valence-electron chi connectivity index (χ3n) is 4.53. The number of alkyl carbamates (subject to hydrolysis) is 1. The predicted octanol–water partition coefficient (Wildman–Crippen LogP) is 5.09. The van der Waals surface area contributed by atoms with Crippen LogP contribution in [0.15, 0.2) is 71.0 Å². The van der Waals surface area contributed by atoms with E-state index in [1.807, 2.05) is 75.5 Å². The first-order valence-corrected chi connectivity index (χ1v) is 10.6. The number of aliphatic imine (C=N–C) groups is 1. The van der Waals surface area contributed by atoms with Crippen LogP contribution in [0, 0.1) is 0 Å². The smallest absolute Gasteiger partial charge is 0.407 e. The summed E-state index contributed by atoms with van der Waals surface area (Å²) in [6.45, 7) is 6.19. The lowest BCUT2D eigenvalue weighted by atomic mass is 10.1. The van der Waals surface area contributed by atoms with Crippen molar-refractivity contribution in [1.82, 2.24) is 10.3 Å². The van der Waals surface area contributed by atoms with Gasteiger partial charge in [-0.1, -0.05) is 41.9 Å². The number of benzene rings is 2. The fourth-order valence-corrected chi connectivity index (χ4v) is 3.24. The van der Waals surface area contributed by atoms with E-state index in [1.165, 1.54) is 6.20 Å². The highest BCUT2D eigenvalue weighted by Crippen LogP contribution is 2.22. The van der Waals surface area contributed by atoms with Gasteiger partial charge in [-0.25, -0.2) is 4.79 Å². The quantitative estimate of drug-likeness (QED) is 0.374. The van der Waals surface area contributed by atoms with E-state index in [0.29, 0.717) is 24.0 Å². The van der Waals surface area contributed by atoms with Gasteiger partial charge in [0.15, 0.2) is 0 Å². The van der Waals surface area contributed by atoms with E-state index < -0.39 is 11.7 Å². The molecule has 0 aliphatic heterocycles. The Balaban J connectivity index is 1.63. The molecule has 1 heterocycles. The second kappa shape index (κ2) is 10.2. The zero-order valence-electron chi connectivity index (χ0n) is 18.4. The molecule has 5 N–H and O–H groups in total. The first kappa shape index (κ1) is 23.2. The molecule has 32 heavy (non-hydrogen) atoms. The number of nitrogens with zero attached hydrogens (tertiary/aromatic N) is 1. The Morgan fingerprint density at radius 3 is 2.59 bits per heavy atom. The number of fused-ring (bicyclic) bond motifs is 1. The fraction of sp³-hybridized carbons (Fsp3) is 0.250. The molecule has 0 fully saturated rings. The van der Waals surface area contributed by atoms with Crippen LogP contribution >= 0.6 is 11.6 Å². The van der Waals surface area contributed by atoms with Gasteiger partial charge in [0.2, 0.25) is 0 Å². The average molecular weight is 454 g/mol. The number of allylic oxidation sites excluding steroid dienone is 1. The van der Waals surface area contributed by atoms with Crippen LogP contribution in [0.25, 0.3) is 10.9 Å². The highest BCUT2D eigenvalue weighted by Gasteiger charge is 2.15. The molecule has 0 saturated heterocycles. The number of carbonyl (C=O) groups excluding carboxylic acids is 1. The molecular formula is C24H28ClN5O2. The Bertz CT molecular complexity index is 1130. The highest BCUT2D eigenvalue weighted by molar-refractivity contribution is 6.47. The average Bonchev–Trinajstić information content (AvgIpc) is 3.18. The molecule has 0 aliphatic rings. The maximum absolute atomic E-state index is 11.8. The molecule has 0 bridgehead atoms. The maximum atomic E-state index is 11.8. The highest BCUT2D eigenvalue weighted by atomic mass is 35.5. The van der Waals surface area contributed by atoms with E-state index in [4.69, 9.17) is 22.1 Å². The van der Waals surface area contributed by atoms with Crippen LogP contribution in [0.4, 0.5) is 10.5 Å². The number of hydrogen-bond donors (Lipinski definition) is 4. The van der Waals surface area contributed by atoms with Gasteiger partial charge < -0.3 is 26.1 Å². The SMILES string of the molecule is CC(C)(C)OC(=O)NCc1ccc(NC/N=C(\C(Cl)=C/N)c2c[nH]c3ccccc23)cc1. The van der Waals surface area contributed by atoms with Gasteiger partial charge in [0.05, 0.1) is 10.7 Å². The second-order valence-corrected chi connectivity index (χ2v) is 8.56. The molecule has 0 atom stereocenters. The minimum absolute atomic E-state index is 0.314. The van der Waals surface area contributed by atoms with E-state index in [2.05, 4.69) is 20.6 Å². The van der Waals surface area contributed by atoms with Crippen LogP contribution in [0.1, 0.15) is 31.9 Å². The van der Waals surface area contributed by atoms with Crippen LogP contribution in [-0.4, -0.2) is 29.1 Å². The molecule has 0 unspecified atom stereocenters. The van der Waals surface area contributed by atoms with Gasteiger partial charge >= 0.3 is 6.09 Å². The van der Waals surface area contributed by atoms with Crippen molar-refractivity contribution in [2.45, 2.75) is 32.9 Å². The number of hydrogen-bond acceptors (Lipinski definition) is 5. The lowest BCUT2D eigenvalue weighted by Gasteiger charge is -2.19. The summed E-state index contributed by atoms with van der Waals surface area (Å²) >= 11 is 6.34. The number of H-pyrrole nitrogens is 1. The van der Waals surface area contributed by atoms with Crippen LogP contribution in [-0.2, 0) is 11.3 Å². The number of nitrogens with one attached hydrogen (secondary N) is 3. The molecule has 0 saturated carbocycles. The lowest BCUT2D eigenvalue weighted by molar-refractivity contribution is 0.0523. The molecule has 168 valence electrons. The largest absolute Gasteiger partial charge is 0.444 e. The van der Waals surface area contributed by atoms with Crippen LogP contribution in [0.2, 0.25) is 0 Å². The zero-order valence-corrected chi connectivity index (χ0v) is 19.2. The van der Waals surface area contributed by atoms with Crippen LogP contribution < -0.4 is 16.4 Å². The van der Waals surface area contributed by atoms with Crippen LogP contribution in [0.5, 0.6) is 0 Å². The normalized spacial score (nSPS) is 12.6. The topological polar surface area (TPSA) is 105 Å². The summed E-state index contributed by atoms with van der Waals surface area (Å²) in [5.41, 5.74) is 9.48. The number of para-hydroxylation sites is 1. The number of nitrogens with two attached hydrogens (primary N) is 1. The summed E-state index contributed by atoms with van der Waals surface area (Å²) in [5.74, 6) is 0. The Morgan fingerprint density at radius 2 is 1.91 bits per heavy atom. The van der Waals surface area contributed by atoms with Gasteiger partial charge in [0.25, 0.3) is 0 Å². The van der Waals surface area contributed by atoms with Crippen molar-refractivity contribution in [3.8, 4) is 0 Å². The third-order valence-corrected chi connectivity index (χ3v) is 4.83. The fourth-order valence-electron chi connectivity index (χ4n) is 3.07. The number of carbonyl (C=O) groups is 1. The van der Waals surface area contributed by atoms with Crippen molar-refractivity contribution in [3.63, 3.8) is 0 Å². The van der Waals surface area contributed by atoms with Crippen molar-refractivity contribution in [3.05, 3.63) is 77.1 Å². The number of aromatic nitrogens is 1. The summed E-state index contributed by atoms with van der Waals surface area (Å²) in [6, 6.07) is 15.6. The number of ether oxygens (including phenoxy) is 1. The summed E-state index contributed by atoms with van der Waals surface area (Å²) < 4.78 is 5.24. The maximum Gasteiger partial charge on any atom is 0.407 e. The summed E-state index contributed by atoms with van der Waals surface area (Å²) in [7, 11) is 0. The Morgan fingerprint density at radius 1 is 1.19 bits per heavy atom. The van der Waals surface area contributed by atoms with Crippen molar-refractivity contribution in [1.29, 1.82) is 0 Å². The number of aromatic amines is 1. The number of halogens is 1. The Hall–Kier alpha value is -3.45. The Kier molecular flexibility index (Phi) is 7.43. The van der Waals surface area contributed by atoms with Crippen molar-refractivity contribution in [2.24, 2.45) is 10.7 Å². The van der Waals surface area contributed by atoms with Gasteiger partial charge in [0.1, 0.15) is 12.3 Å². The van der Waals surface area contributed by atoms with Crippen molar-refractivity contribution >= 4 is 40.0 Å². The molecule has 2 aromatic carbocycles. The van der Waals surface area contributed by atoms with Gasteiger partial charge in [-0.2, -0.15) is 0 Å². The van der Waals surface area contributed by atoms with Gasteiger partial charge in [0, 0.05) is 41.1 Å². The minimum atomic E-state index is -0.522. The van der Waals surface area contributed by atoms with Gasteiger partial charge in [-0.05, 0) is 44.5 Å². The van der Waals surface area contributed by atoms with E-state index in [9.17, 15) is 4.79 Å². The molecule has 3 rings (SSSR count). The molecule has 8 heteroatoms. The van der Waals surface area contributed by atoms with Crippen molar-refractivity contribution in [2.75, 3.05) is 12.0 Å². The van der Waals surface area contributed by atoms with E-state index in [0.717, 1.165) is 27.7 Å². The number of anilines is 1. The molecule has 7 nitrogen and oxygen atoms in total. The number of amides is 1. The summed E-state index contributed by atoms with van der Waals surface area (Å²) in [4.78, 5) is 19.6. The zero-order chi connectivity index (χ0) is 23.1.